The summed E-state index contributed by atoms with van der Waals surface area (Å²) < 4.78 is 0. The zero-order valence-corrected chi connectivity index (χ0v) is 16.5. The first-order valence-electron chi connectivity index (χ1n) is 9.68. The van der Waals surface area contributed by atoms with Gasteiger partial charge in [0.2, 0.25) is 11.8 Å². The van der Waals surface area contributed by atoms with Gasteiger partial charge in [-0.15, -0.1) is 0 Å². The molecule has 1 saturated heterocycles. The molecule has 3 N–H and O–H groups in total. The van der Waals surface area contributed by atoms with E-state index in [1.54, 1.807) is 0 Å². The third-order valence-electron chi connectivity index (χ3n) is 5.73. The molecule has 5 nitrogen and oxygen atoms in total. The summed E-state index contributed by atoms with van der Waals surface area (Å²) in [6.07, 6.45) is 2.77. The van der Waals surface area contributed by atoms with Crippen molar-refractivity contribution in [2.24, 2.45) is 17.8 Å². The Bertz CT molecular complexity index is 711. The van der Waals surface area contributed by atoms with Crippen molar-refractivity contribution < 1.29 is 9.59 Å². The Morgan fingerprint density at radius 3 is 2.50 bits per heavy atom. The van der Waals surface area contributed by atoms with Gasteiger partial charge in [0.15, 0.2) is 0 Å². The van der Waals surface area contributed by atoms with Crippen molar-refractivity contribution in [2.75, 3.05) is 10.6 Å². The number of hydrogen-bond acceptors (Lipinski definition) is 3. The molecule has 0 aliphatic carbocycles. The molecule has 1 aromatic carbocycles. The van der Waals surface area contributed by atoms with Crippen LogP contribution in [0.25, 0.3) is 0 Å². The maximum Gasteiger partial charge on any atom is 0.247 e. The topological polar surface area (TPSA) is 70.2 Å². The number of piperidine rings is 1. The molecule has 2 aliphatic heterocycles. The van der Waals surface area contributed by atoms with Crippen molar-refractivity contribution >= 4 is 23.2 Å². The highest BCUT2D eigenvalue weighted by molar-refractivity contribution is 6.03. The van der Waals surface area contributed by atoms with Gasteiger partial charge in [-0.25, -0.2) is 0 Å². The lowest BCUT2D eigenvalue weighted by molar-refractivity contribution is -0.131. The van der Waals surface area contributed by atoms with Crippen LogP contribution in [-0.4, -0.2) is 23.4 Å². The summed E-state index contributed by atoms with van der Waals surface area (Å²) in [5, 5.41) is 9.49. The minimum absolute atomic E-state index is 0.0200. The third-order valence-corrected chi connectivity index (χ3v) is 5.73. The van der Waals surface area contributed by atoms with Crippen LogP contribution in [0.5, 0.6) is 0 Å². The summed E-state index contributed by atoms with van der Waals surface area (Å²) in [5.41, 5.74) is 2.86. The summed E-state index contributed by atoms with van der Waals surface area (Å²) >= 11 is 0. The van der Waals surface area contributed by atoms with Crippen LogP contribution < -0.4 is 16.0 Å². The monoisotopic (exact) mass is 357 g/mol. The number of hydrogen-bond donors (Lipinski definition) is 3. The molecule has 0 spiro atoms. The molecule has 5 heteroatoms. The Hall–Kier alpha value is -2.04. The summed E-state index contributed by atoms with van der Waals surface area (Å²) in [5.74, 6) is 0.738. The minimum Gasteiger partial charge on any atom is -0.372 e. The first-order valence-corrected chi connectivity index (χ1v) is 9.68. The maximum atomic E-state index is 12.4. The maximum absolute atomic E-state index is 12.4. The van der Waals surface area contributed by atoms with Gasteiger partial charge in [0.25, 0.3) is 0 Å². The fourth-order valence-corrected chi connectivity index (χ4v) is 4.05. The molecule has 3 atom stereocenters. The molecule has 2 heterocycles. The summed E-state index contributed by atoms with van der Waals surface area (Å²) in [6.45, 7) is 10.4. The quantitative estimate of drug-likeness (QED) is 0.772. The van der Waals surface area contributed by atoms with Crippen molar-refractivity contribution in [3.8, 4) is 0 Å². The van der Waals surface area contributed by atoms with Crippen LogP contribution >= 0.6 is 0 Å². The number of amides is 2. The van der Waals surface area contributed by atoms with Crippen LogP contribution in [0.4, 0.5) is 11.4 Å². The number of nitrogens with one attached hydrogen (secondary N) is 3. The largest absolute Gasteiger partial charge is 0.372 e. The second-order valence-corrected chi connectivity index (χ2v) is 8.93. The van der Waals surface area contributed by atoms with Crippen LogP contribution in [0, 0.1) is 17.8 Å². The lowest BCUT2D eigenvalue weighted by Crippen LogP contribution is -2.52. The summed E-state index contributed by atoms with van der Waals surface area (Å²) in [4.78, 5) is 24.7. The number of rotatable bonds is 4. The molecule has 1 aromatic rings. The number of anilines is 2. The molecule has 0 saturated carbocycles. The van der Waals surface area contributed by atoms with Gasteiger partial charge in [-0.1, -0.05) is 26.8 Å². The Labute approximate surface area is 156 Å². The van der Waals surface area contributed by atoms with Crippen LogP contribution in [0.2, 0.25) is 0 Å². The average Bonchev–Trinajstić information content (AvgIpc) is 2.52. The van der Waals surface area contributed by atoms with Crippen molar-refractivity contribution in [2.45, 2.75) is 65.5 Å². The Morgan fingerprint density at radius 2 is 1.85 bits per heavy atom. The summed E-state index contributed by atoms with van der Waals surface area (Å²) in [6, 6.07) is 5.98. The van der Waals surface area contributed by atoms with Gasteiger partial charge in [0.1, 0.15) is 6.04 Å². The van der Waals surface area contributed by atoms with Crippen molar-refractivity contribution in [1.82, 2.24) is 5.32 Å². The van der Waals surface area contributed by atoms with E-state index in [9.17, 15) is 9.59 Å². The van der Waals surface area contributed by atoms with Crippen LogP contribution in [-0.2, 0) is 16.0 Å². The standard InChI is InChI=1S/C21H31N3O2/c1-12(2)18-20(26)23-17-11-14(6-7-16(17)22-18)10-13(3)15-8-9-21(4,5)24-19(15)25/h6-7,11-13,15,18,22H,8-10H2,1-5H3,(H,23,26)(H,24,25). The van der Waals surface area contributed by atoms with E-state index in [1.165, 1.54) is 0 Å². The molecule has 3 unspecified atom stereocenters. The number of fused-ring (bicyclic) bond motifs is 1. The lowest BCUT2D eigenvalue weighted by atomic mass is 9.78. The van der Waals surface area contributed by atoms with E-state index in [1.807, 2.05) is 26.0 Å². The number of benzene rings is 1. The van der Waals surface area contributed by atoms with E-state index in [2.05, 4.69) is 42.8 Å². The van der Waals surface area contributed by atoms with Gasteiger partial charge in [-0.3, -0.25) is 9.59 Å². The van der Waals surface area contributed by atoms with Gasteiger partial charge in [0, 0.05) is 11.5 Å². The predicted molar refractivity (Wildman–Crippen MR) is 105 cm³/mol. The normalized spacial score (nSPS) is 25.8. The van der Waals surface area contributed by atoms with Crippen molar-refractivity contribution in [1.29, 1.82) is 0 Å². The Balaban J connectivity index is 1.69. The first kappa shape index (κ1) is 18.7. The van der Waals surface area contributed by atoms with Crippen LogP contribution in [0.1, 0.15) is 53.0 Å². The molecule has 0 aromatic heterocycles. The van der Waals surface area contributed by atoms with E-state index in [0.717, 1.165) is 36.2 Å². The Kier molecular flexibility index (Phi) is 5.00. The zero-order valence-electron chi connectivity index (χ0n) is 16.5. The molecule has 1 fully saturated rings. The van der Waals surface area contributed by atoms with E-state index in [0.29, 0.717) is 0 Å². The molecule has 2 amide bonds. The van der Waals surface area contributed by atoms with Crippen molar-refractivity contribution in [3.05, 3.63) is 23.8 Å². The molecule has 3 rings (SSSR count). The number of carbonyl (C=O) groups excluding carboxylic acids is 2. The Morgan fingerprint density at radius 1 is 1.12 bits per heavy atom. The minimum atomic E-state index is -0.193. The second-order valence-electron chi connectivity index (χ2n) is 8.93. The van der Waals surface area contributed by atoms with Crippen LogP contribution in [0.15, 0.2) is 18.2 Å². The van der Waals surface area contributed by atoms with E-state index in [4.69, 9.17) is 0 Å². The predicted octanol–water partition coefficient (Wildman–Crippen LogP) is 3.56. The van der Waals surface area contributed by atoms with Gasteiger partial charge in [0.05, 0.1) is 11.4 Å². The molecule has 0 radical (unpaired) electrons. The first-order chi connectivity index (χ1) is 12.2. The molecule has 142 valence electrons. The van der Waals surface area contributed by atoms with Gasteiger partial charge < -0.3 is 16.0 Å². The highest BCUT2D eigenvalue weighted by Crippen LogP contribution is 2.33. The second kappa shape index (κ2) is 6.93. The highest BCUT2D eigenvalue weighted by atomic mass is 16.2. The van der Waals surface area contributed by atoms with E-state index < -0.39 is 0 Å². The third kappa shape index (κ3) is 3.87. The number of carbonyl (C=O) groups is 2. The van der Waals surface area contributed by atoms with E-state index >= 15 is 0 Å². The van der Waals surface area contributed by atoms with Crippen molar-refractivity contribution in [3.63, 3.8) is 0 Å². The molecule has 0 bridgehead atoms. The average molecular weight is 357 g/mol. The zero-order chi connectivity index (χ0) is 19.1. The molecule has 26 heavy (non-hydrogen) atoms. The fraction of sp³-hybridized carbons (Fsp3) is 0.619. The molecular weight excluding hydrogens is 326 g/mol. The highest BCUT2D eigenvalue weighted by Gasteiger charge is 2.35. The van der Waals surface area contributed by atoms with Gasteiger partial charge in [-0.05, 0) is 62.6 Å². The van der Waals surface area contributed by atoms with Gasteiger partial charge >= 0.3 is 0 Å². The lowest BCUT2D eigenvalue weighted by Gasteiger charge is -2.37. The summed E-state index contributed by atoms with van der Waals surface area (Å²) in [7, 11) is 0. The smallest absolute Gasteiger partial charge is 0.247 e. The van der Waals surface area contributed by atoms with Crippen LogP contribution in [0.3, 0.4) is 0 Å². The molecule has 2 aliphatic rings. The SMILES string of the molecule is CC(C)C1Nc2ccc(CC(C)C3CCC(C)(C)NC3=O)cc2NC1=O. The van der Waals surface area contributed by atoms with E-state index in [-0.39, 0.29) is 41.1 Å². The molecular formula is C21H31N3O2. The van der Waals surface area contributed by atoms with Gasteiger partial charge in [-0.2, -0.15) is 0 Å². The fourth-order valence-electron chi connectivity index (χ4n) is 4.05.